The second kappa shape index (κ2) is 8.08. The molecule has 0 fully saturated rings. The molecule has 0 heterocycles. The molecule has 0 atom stereocenters. The second-order valence-electron chi connectivity index (χ2n) is 6.69. The molecule has 0 saturated heterocycles. The molecule has 8 heteroatoms. The lowest BCUT2D eigenvalue weighted by molar-refractivity contribution is -0.139. The lowest BCUT2D eigenvalue weighted by Crippen LogP contribution is -2.08. The zero-order valence-corrected chi connectivity index (χ0v) is 15.5. The molecule has 0 aliphatic carbocycles. The smallest absolute Gasteiger partial charge is 0.206 e. The van der Waals surface area contributed by atoms with Crippen molar-refractivity contribution in [2.75, 3.05) is 0 Å². The number of aryl methyl sites for hydroxylation is 1. The SMILES string of the molecule is CCCc1cc(F)c(-c2cc(F)c(-c3ccc(C(F)(F)F)c(F)c3)c(F)c2)c(F)c1. The van der Waals surface area contributed by atoms with Gasteiger partial charge in [-0.25, -0.2) is 22.0 Å². The Hall–Kier alpha value is -2.90. The van der Waals surface area contributed by atoms with Crippen molar-refractivity contribution in [3.05, 3.63) is 82.7 Å². The van der Waals surface area contributed by atoms with Gasteiger partial charge in [0.15, 0.2) is 0 Å². The van der Waals surface area contributed by atoms with Gasteiger partial charge in [-0.1, -0.05) is 19.4 Å². The molecule has 0 aliphatic rings. The highest BCUT2D eigenvalue weighted by atomic mass is 19.4. The van der Waals surface area contributed by atoms with Gasteiger partial charge < -0.3 is 0 Å². The molecule has 158 valence electrons. The normalized spacial score (nSPS) is 11.8. The number of rotatable bonds is 4. The summed E-state index contributed by atoms with van der Waals surface area (Å²) in [5.74, 6) is -6.33. The predicted octanol–water partition coefficient (Wildman–Crippen LogP) is 7.69. The van der Waals surface area contributed by atoms with Crippen molar-refractivity contribution in [2.24, 2.45) is 0 Å². The molecule has 3 aromatic carbocycles. The van der Waals surface area contributed by atoms with E-state index in [0.717, 1.165) is 12.1 Å². The molecule has 0 radical (unpaired) electrons. The van der Waals surface area contributed by atoms with Crippen molar-refractivity contribution in [1.82, 2.24) is 0 Å². The van der Waals surface area contributed by atoms with Crippen LogP contribution in [0, 0.1) is 29.1 Å². The molecule has 30 heavy (non-hydrogen) atoms. The monoisotopic (exact) mass is 430 g/mol. The maximum absolute atomic E-state index is 14.6. The third kappa shape index (κ3) is 4.17. The van der Waals surface area contributed by atoms with Gasteiger partial charge in [0.05, 0.1) is 16.7 Å². The Kier molecular flexibility index (Phi) is 5.87. The molecule has 0 N–H and O–H groups in total. The van der Waals surface area contributed by atoms with Crippen LogP contribution in [0.2, 0.25) is 0 Å². The Bertz CT molecular complexity index is 1050. The minimum atomic E-state index is -4.97. The first-order chi connectivity index (χ1) is 14.0. The van der Waals surface area contributed by atoms with Crippen LogP contribution in [0.1, 0.15) is 24.5 Å². The van der Waals surface area contributed by atoms with Gasteiger partial charge in [-0.3, -0.25) is 0 Å². The summed E-state index contributed by atoms with van der Waals surface area (Å²) >= 11 is 0. The van der Waals surface area contributed by atoms with Gasteiger partial charge in [0.1, 0.15) is 29.1 Å². The van der Waals surface area contributed by atoms with E-state index in [1.807, 2.05) is 6.92 Å². The maximum Gasteiger partial charge on any atom is 0.419 e. The van der Waals surface area contributed by atoms with Crippen LogP contribution in [0.15, 0.2) is 42.5 Å². The zero-order chi connectivity index (χ0) is 22.2. The Balaban J connectivity index is 2.09. The summed E-state index contributed by atoms with van der Waals surface area (Å²) in [6.45, 7) is 1.82. The molecule has 0 bridgehead atoms. The van der Waals surface area contributed by atoms with Crippen molar-refractivity contribution in [3.8, 4) is 22.3 Å². The molecule has 0 spiro atoms. The quantitative estimate of drug-likeness (QED) is 0.372. The van der Waals surface area contributed by atoms with E-state index in [2.05, 4.69) is 0 Å². The average Bonchev–Trinajstić information content (AvgIpc) is 2.59. The van der Waals surface area contributed by atoms with E-state index < -0.39 is 63.1 Å². The van der Waals surface area contributed by atoms with Gasteiger partial charge >= 0.3 is 6.18 Å². The standard InChI is InChI=1S/C22H14F8/c1-2-3-11-6-16(24)21(17(25)7-11)13-9-18(26)20(19(27)10-13)12-4-5-14(15(23)8-12)22(28,29)30/h4-10H,2-3H2,1H3. The Morgan fingerprint density at radius 2 is 1.10 bits per heavy atom. The van der Waals surface area contributed by atoms with Gasteiger partial charge in [0, 0.05) is 0 Å². The molecular weight excluding hydrogens is 416 g/mol. The number of hydrogen-bond acceptors (Lipinski definition) is 0. The van der Waals surface area contributed by atoms with Gasteiger partial charge in [-0.15, -0.1) is 0 Å². The van der Waals surface area contributed by atoms with Crippen molar-refractivity contribution >= 4 is 0 Å². The Morgan fingerprint density at radius 3 is 1.57 bits per heavy atom. The predicted molar refractivity (Wildman–Crippen MR) is 96.1 cm³/mol. The summed E-state index contributed by atoms with van der Waals surface area (Å²) in [7, 11) is 0. The van der Waals surface area contributed by atoms with Crippen LogP contribution >= 0.6 is 0 Å². The van der Waals surface area contributed by atoms with Crippen molar-refractivity contribution in [2.45, 2.75) is 25.9 Å². The van der Waals surface area contributed by atoms with E-state index in [0.29, 0.717) is 48.7 Å². The fraction of sp³-hybridized carbons (Fsp3) is 0.182. The summed E-state index contributed by atoms with van der Waals surface area (Å²) < 4.78 is 110. The molecule has 0 nitrogen and oxygen atoms in total. The summed E-state index contributed by atoms with van der Waals surface area (Å²) in [6.07, 6.45) is -3.92. The summed E-state index contributed by atoms with van der Waals surface area (Å²) in [5, 5.41) is 0. The Labute approximate surface area is 166 Å². The average molecular weight is 430 g/mol. The fourth-order valence-corrected chi connectivity index (χ4v) is 3.23. The molecule has 3 aromatic rings. The van der Waals surface area contributed by atoms with Crippen LogP contribution in [0.5, 0.6) is 0 Å². The first kappa shape index (κ1) is 21.8. The molecule has 0 amide bonds. The van der Waals surface area contributed by atoms with Crippen LogP contribution in [0.25, 0.3) is 22.3 Å². The van der Waals surface area contributed by atoms with E-state index in [-0.39, 0.29) is 0 Å². The largest absolute Gasteiger partial charge is 0.419 e. The maximum atomic E-state index is 14.6. The number of halogens is 8. The number of hydrogen-bond donors (Lipinski definition) is 0. The molecule has 0 aliphatic heterocycles. The molecule has 0 aromatic heterocycles. The molecule has 0 unspecified atom stereocenters. The third-order valence-corrected chi connectivity index (χ3v) is 4.53. The van der Waals surface area contributed by atoms with E-state index in [4.69, 9.17) is 0 Å². The van der Waals surface area contributed by atoms with E-state index >= 15 is 0 Å². The molecule has 0 saturated carbocycles. The first-order valence-electron chi connectivity index (χ1n) is 8.87. The molecule has 3 rings (SSSR count). The number of alkyl halides is 3. The Morgan fingerprint density at radius 1 is 0.633 bits per heavy atom. The summed E-state index contributed by atoms with van der Waals surface area (Å²) in [5.41, 5.74) is -3.57. The second-order valence-corrected chi connectivity index (χ2v) is 6.69. The number of benzene rings is 3. The van der Waals surface area contributed by atoms with Gasteiger partial charge in [0.2, 0.25) is 0 Å². The lowest BCUT2D eigenvalue weighted by atomic mass is 9.96. The van der Waals surface area contributed by atoms with Gasteiger partial charge in [-0.05, 0) is 59.5 Å². The van der Waals surface area contributed by atoms with E-state index in [1.54, 1.807) is 0 Å². The first-order valence-corrected chi connectivity index (χ1v) is 8.87. The van der Waals surface area contributed by atoms with Crippen LogP contribution in [-0.2, 0) is 12.6 Å². The van der Waals surface area contributed by atoms with Crippen LogP contribution in [-0.4, -0.2) is 0 Å². The van der Waals surface area contributed by atoms with Crippen LogP contribution in [0.3, 0.4) is 0 Å². The lowest BCUT2D eigenvalue weighted by Gasteiger charge is -2.13. The van der Waals surface area contributed by atoms with E-state index in [9.17, 15) is 35.1 Å². The summed E-state index contributed by atoms with van der Waals surface area (Å²) in [6, 6.07) is 4.86. The third-order valence-electron chi connectivity index (χ3n) is 4.53. The van der Waals surface area contributed by atoms with Gasteiger partial charge in [-0.2, -0.15) is 13.2 Å². The van der Waals surface area contributed by atoms with Crippen LogP contribution in [0.4, 0.5) is 35.1 Å². The zero-order valence-electron chi connectivity index (χ0n) is 15.5. The highest BCUT2D eigenvalue weighted by molar-refractivity contribution is 5.72. The minimum absolute atomic E-state index is 0.352. The topological polar surface area (TPSA) is 0 Å². The minimum Gasteiger partial charge on any atom is -0.206 e. The fourth-order valence-electron chi connectivity index (χ4n) is 3.23. The highest BCUT2D eigenvalue weighted by Gasteiger charge is 2.34. The van der Waals surface area contributed by atoms with Gasteiger partial charge in [0.25, 0.3) is 0 Å². The van der Waals surface area contributed by atoms with Crippen LogP contribution < -0.4 is 0 Å². The van der Waals surface area contributed by atoms with Crippen molar-refractivity contribution in [3.63, 3.8) is 0 Å². The van der Waals surface area contributed by atoms with Crippen molar-refractivity contribution < 1.29 is 35.1 Å². The highest BCUT2D eigenvalue weighted by Crippen LogP contribution is 2.37. The summed E-state index contributed by atoms with van der Waals surface area (Å²) in [4.78, 5) is 0. The van der Waals surface area contributed by atoms with Crippen molar-refractivity contribution in [1.29, 1.82) is 0 Å². The molecular formula is C22H14F8. The van der Waals surface area contributed by atoms with E-state index in [1.165, 1.54) is 0 Å².